The molecule has 32 heavy (non-hydrogen) atoms. The summed E-state index contributed by atoms with van der Waals surface area (Å²) in [5.74, 6) is 0. The minimum absolute atomic E-state index is 0.0736. The molecule has 0 spiro atoms. The summed E-state index contributed by atoms with van der Waals surface area (Å²) in [6.45, 7) is 2.24. The number of para-hydroxylation sites is 1. The molecule has 0 saturated heterocycles. The lowest BCUT2D eigenvalue weighted by Crippen LogP contribution is -2.20. The molecule has 0 unspecified atom stereocenters. The van der Waals surface area contributed by atoms with E-state index in [1.807, 2.05) is 55.6 Å². The number of hydrogen-bond donors (Lipinski definition) is 0. The molecule has 0 bridgehead atoms. The second kappa shape index (κ2) is 9.47. The Hall–Kier alpha value is -3.93. The van der Waals surface area contributed by atoms with E-state index in [0.717, 1.165) is 34.8 Å². The van der Waals surface area contributed by atoms with Crippen LogP contribution in [-0.2, 0) is 6.54 Å². The number of allylic oxidation sites excluding steroid dienone is 1. The molecule has 1 heterocycles. The number of non-ortho nitro benzene ring substituents is 1. The van der Waals surface area contributed by atoms with Gasteiger partial charge in [-0.25, -0.2) is 0 Å². The van der Waals surface area contributed by atoms with Gasteiger partial charge in [0.15, 0.2) is 0 Å². The number of nitrogens with zero attached hydrogens (tertiary/aromatic N) is 4. The third-order valence-corrected chi connectivity index (χ3v) is 5.63. The van der Waals surface area contributed by atoms with Gasteiger partial charge in [0.2, 0.25) is 0 Å². The molecule has 0 saturated carbocycles. The average Bonchev–Trinajstić information content (AvgIpc) is 2.97. The number of rotatable bonds is 6. The van der Waals surface area contributed by atoms with Gasteiger partial charge in [-0.15, -0.1) is 0 Å². The third kappa shape index (κ3) is 4.70. The Morgan fingerprint density at radius 1 is 1.06 bits per heavy atom. The topological polar surface area (TPSA) is 62.0 Å². The molecule has 3 aromatic carbocycles. The molecule has 3 aromatic rings. The standard InChI is InChI=1S/C26H26N4O2/c1-28-17-16-27-24(23-10-6-7-11-26(23)28)14-12-21-18-22(30(31)32)13-15-25(21)29(2)19-20-8-4-3-5-9-20/h3-15,18H,16-17,19H2,1-2H3/b14-12+. The molecule has 6 nitrogen and oxygen atoms in total. The molecule has 1 aliphatic heterocycles. The quantitative estimate of drug-likeness (QED) is 0.402. The third-order valence-electron chi connectivity index (χ3n) is 5.63. The molecule has 0 atom stereocenters. The van der Waals surface area contributed by atoms with Crippen LogP contribution in [-0.4, -0.2) is 37.8 Å². The van der Waals surface area contributed by atoms with Crippen LogP contribution in [0.1, 0.15) is 16.7 Å². The highest BCUT2D eigenvalue weighted by atomic mass is 16.6. The zero-order chi connectivity index (χ0) is 22.5. The number of hydrogen-bond acceptors (Lipinski definition) is 5. The summed E-state index contributed by atoms with van der Waals surface area (Å²) < 4.78 is 0. The number of fused-ring (bicyclic) bond motifs is 1. The van der Waals surface area contributed by atoms with Gasteiger partial charge < -0.3 is 9.80 Å². The minimum atomic E-state index is -0.355. The van der Waals surface area contributed by atoms with Crippen LogP contribution in [0.15, 0.2) is 83.9 Å². The number of benzodiazepines with no additional fused rings is 1. The second-order valence-corrected chi connectivity index (χ2v) is 7.88. The number of nitro benzene ring substituents is 1. The lowest BCUT2D eigenvalue weighted by molar-refractivity contribution is -0.384. The molecule has 0 amide bonds. The Bertz CT molecular complexity index is 1170. The molecular formula is C26H26N4O2. The average molecular weight is 427 g/mol. The Labute approximate surface area is 188 Å². The van der Waals surface area contributed by atoms with Gasteiger partial charge in [0.1, 0.15) is 0 Å². The Morgan fingerprint density at radius 3 is 2.59 bits per heavy atom. The maximum atomic E-state index is 11.4. The molecule has 0 N–H and O–H groups in total. The van der Waals surface area contributed by atoms with Crippen LogP contribution in [0, 0.1) is 10.1 Å². The van der Waals surface area contributed by atoms with E-state index in [2.05, 4.69) is 41.1 Å². The number of likely N-dealkylation sites (N-methyl/N-ethyl adjacent to an activating group) is 1. The van der Waals surface area contributed by atoms with Crippen molar-refractivity contribution in [1.82, 2.24) is 0 Å². The van der Waals surface area contributed by atoms with Gasteiger partial charge in [-0.05, 0) is 23.8 Å². The first-order chi connectivity index (χ1) is 15.5. The van der Waals surface area contributed by atoms with Gasteiger partial charge in [-0.1, -0.05) is 54.6 Å². The Balaban J connectivity index is 1.70. The van der Waals surface area contributed by atoms with Crippen molar-refractivity contribution >= 4 is 28.8 Å². The largest absolute Gasteiger partial charge is 0.372 e. The van der Waals surface area contributed by atoms with Crippen molar-refractivity contribution in [3.63, 3.8) is 0 Å². The van der Waals surface area contributed by atoms with Crippen molar-refractivity contribution in [2.75, 3.05) is 37.0 Å². The lowest BCUT2D eigenvalue weighted by Gasteiger charge is -2.21. The van der Waals surface area contributed by atoms with Crippen LogP contribution in [0.2, 0.25) is 0 Å². The fourth-order valence-electron chi connectivity index (χ4n) is 3.94. The van der Waals surface area contributed by atoms with Gasteiger partial charge in [-0.3, -0.25) is 15.1 Å². The zero-order valence-electron chi connectivity index (χ0n) is 18.3. The van der Waals surface area contributed by atoms with Crippen molar-refractivity contribution in [1.29, 1.82) is 0 Å². The molecule has 6 heteroatoms. The normalized spacial score (nSPS) is 13.4. The molecular weight excluding hydrogens is 400 g/mol. The summed E-state index contributed by atoms with van der Waals surface area (Å²) in [5, 5.41) is 11.4. The molecule has 1 aliphatic rings. The fraction of sp³-hybridized carbons (Fsp3) is 0.192. The van der Waals surface area contributed by atoms with Crippen molar-refractivity contribution in [3.05, 3.63) is 106 Å². The smallest absolute Gasteiger partial charge is 0.270 e. The van der Waals surface area contributed by atoms with Gasteiger partial charge in [-0.2, -0.15) is 0 Å². The number of anilines is 2. The van der Waals surface area contributed by atoms with Gasteiger partial charge in [0.25, 0.3) is 5.69 Å². The predicted molar refractivity (Wildman–Crippen MR) is 132 cm³/mol. The van der Waals surface area contributed by atoms with E-state index in [0.29, 0.717) is 13.1 Å². The first-order valence-electron chi connectivity index (χ1n) is 10.6. The van der Waals surface area contributed by atoms with Crippen molar-refractivity contribution in [2.24, 2.45) is 4.99 Å². The highest BCUT2D eigenvalue weighted by Crippen LogP contribution is 2.28. The SMILES string of the molecule is CN(Cc1ccccc1)c1ccc([N+](=O)[O-])cc1/C=C/C1=NCCN(C)c2ccccc21. The molecule has 0 radical (unpaired) electrons. The van der Waals surface area contributed by atoms with E-state index in [4.69, 9.17) is 4.99 Å². The first-order valence-corrected chi connectivity index (χ1v) is 10.6. The van der Waals surface area contributed by atoms with Crippen molar-refractivity contribution in [2.45, 2.75) is 6.54 Å². The molecule has 0 aliphatic carbocycles. The van der Waals surface area contributed by atoms with E-state index < -0.39 is 0 Å². The van der Waals surface area contributed by atoms with Crippen LogP contribution in [0.25, 0.3) is 6.08 Å². The number of nitro groups is 1. The highest BCUT2D eigenvalue weighted by Gasteiger charge is 2.16. The Kier molecular flexibility index (Phi) is 6.31. The summed E-state index contributed by atoms with van der Waals surface area (Å²) in [5.41, 5.74) is 6.04. The second-order valence-electron chi connectivity index (χ2n) is 7.88. The maximum absolute atomic E-state index is 11.4. The van der Waals surface area contributed by atoms with Crippen LogP contribution in [0.4, 0.5) is 17.1 Å². The lowest BCUT2D eigenvalue weighted by atomic mass is 10.0. The molecule has 0 aromatic heterocycles. The fourth-order valence-corrected chi connectivity index (χ4v) is 3.94. The summed E-state index contributed by atoms with van der Waals surface area (Å²) in [4.78, 5) is 20.1. The first kappa shape index (κ1) is 21.3. The van der Waals surface area contributed by atoms with E-state index in [1.54, 1.807) is 12.1 Å². The monoisotopic (exact) mass is 426 g/mol. The van der Waals surface area contributed by atoms with Gasteiger partial charge in [0.05, 0.1) is 17.2 Å². The summed E-state index contributed by atoms with van der Waals surface area (Å²) in [7, 11) is 4.07. The van der Waals surface area contributed by atoms with E-state index >= 15 is 0 Å². The van der Waals surface area contributed by atoms with Crippen LogP contribution < -0.4 is 9.80 Å². The van der Waals surface area contributed by atoms with Gasteiger partial charge >= 0.3 is 0 Å². The van der Waals surface area contributed by atoms with E-state index in [-0.39, 0.29) is 10.6 Å². The number of aliphatic imine (C=N–C) groups is 1. The molecule has 0 fully saturated rings. The minimum Gasteiger partial charge on any atom is -0.372 e. The molecule has 162 valence electrons. The van der Waals surface area contributed by atoms with E-state index in [9.17, 15) is 10.1 Å². The van der Waals surface area contributed by atoms with Crippen LogP contribution >= 0.6 is 0 Å². The maximum Gasteiger partial charge on any atom is 0.270 e. The highest BCUT2D eigenvalue weighted by molar-refractivity contribution is 6.14. The van der Waals surface area contributed by atoms with Crippen molar-refractivity contribution in [3.8, 4) is 0 Å². The zero-order valence-corrected chi connectivity index (χ0v) is 18.3. The van der Waals surface area contributed by atoms with Crippen LogP contribution in [0.3, 0.4) is 0 Å². The predicted octanol–water partition coefficient (Wildman–Crippen LogP) is 5.18. The summed E-state index contributed by atoms with van der Waals surface area (Å²) in [6.07, 6.45) is 3.90. The van der Waals surface area contributed by atoms with Crippen molar-refractivity contribution < 1.29 is 4.92 Å². The summed E-state index contributed by atoms with van der Waals surface area (Å²) >= 11 is 0. The Morgan fingerprint density at radius 2 is 1.81 bits per heavy atom. The summed E-state index contributed by atoms with van der Waals surface area (Å²) in [6, 6.07) is 23.4. The number of benzene rings is 3. The van der Waals surface area contributed by atoms with Gasteiger partial charge in [0, 0.05) is 61.8 Å². The van der Waals surface area contributed by atoms with E-state index in [1.165, 1.54) is 5.56 Å². The van der Waals surface area contributed by atoms with Crippen LogP contribution in [0.5, 0.6) is 0 Å². The molecule has 4 rings (SSSR count).